The zero-order chi connectivity index (χ0) is 13.1. The lowest BCUT2D eigenvalue weighted by Crippen LogP contribution is -2.25. The number of hydrogen-bond donors (Lipinski definition) is 2. The van der Waals surface area contributed by atoms with E-state index >= 15 is 0 Å². The highest BCUT2D eigenvalue weighted by molar-refractivity contribution is 5.33. The van der Waals surface area contributed by atoms with Gasteiger partial charge in [0, 0.05) is 19.6 Å². The fraction of sp³-hybridized carbons (Fsp3) is 0.647. The molecule has 0 radical (unpaired) electrons. The molecule has 0 spiro atoms. The molecule has 2 heteroatoms. The summed E-state index contributed by atoms with van der Waals surface area (Å²) in [6.07, 6.45) is 6.77. The fourth-order valence-electron chi connectivity index (χ4n) is 3.34. The molecule has 1 saturated carbocycles. The average molecular weight is 258 g/mol. The minimum absolute atomic E-state index is 0.657. The Morgan fingerprint density at radius 2 is 2.16 bits per heavy atom. The Kier molecular flexibility index (Phi) is 3.90. The number of benzene rings is 1. The van der Waals surface area contributed by atoms with Crippen molar-refractivity contribution in [3.05, 3.63) is 34.9 Å². The van der Waals surface area contributed by atoms with Crippen LogP contribution in [0.3, 0.4) is 0 Å². The number of fused-ring (bicyclic) bond motifs is 1. The number of rotatable bonds is 6. The van der Waals surface area contributed by atoms with Crippen molar-refractivity contribution in [2.24, 2.45) is 5.41 Å². The van der Waals surface area contributed by atoms with Gasteiger partial charge in [-0.25, -0.2) is 0 Å². The zero-order valence-electron chi connectivity index (χ0n) is 12.1. The number of hydrogen-bond acceptors (Lipinski definition) is 2. The Bertz CT molecular complexity index is 435. The second-order valence-electron chi connectivity index (χ2n) is 6.38. The van der Waals surface area contributed by atoms with E-state index < -0.39 is 0 Å². The Hall–Kier alpha value is -0.860. The molecule has 0 amide bonds. The van der Waals surface area contributed by atoms with E-state index in [9.17, 15) is 0 Å². The molecule has 1 heterocycles. The molecular formula is C17H26N2. The van der Waals surface area contributed by atoms with Crippen LogP contribution in [0.4, 0.5) is 0 Å². The molecule has 0 unspecified atom stereocenters. The molecular weight excluding hydrogens is 232 g/mol. The summed E-state index contributed by atoms with van der Waals surface area (Å²) < 4.78 is 0. The molecule has 0 atom stereocenters. The van der Waals surface area contributed by atoms with Gasteiger partial charge < -0.3 is 10.6 Å². The normalized spacial score (nSPS) is 20.1. The number of nitrogens with one attached hydrogen (secondary N) is 2. The topological polar surface area (TPSA) is 24.1 Å². The van der Waals surface area contributed by atoms with Gasteiger partial charge in [-0.1, -0.05) is 31.5 Å². The molecule has 1 aliphatic heterocycles. The molecule has 19 heavy (non-hydrogen) atoms. The summed E-state index contributed by atoms with van der Waals surface area (Å²) in [4.78, 5) is 0. The van der Waals surface area contributed by atoms with Crippen molar-refractivity contribution in [2.75, 3.05) is 13.1 Å². The second kappa shape index (κ2) is 5.64. The zero-order valence-corrected chi connectivity index (χ0v) is 12.1. The third-order valence-electron chi connectivity index (χ3n) is 4.72. The van der Waals surface area contributed by atoms with Crippen LogP contribution in [0.25, 0.3) is 0 Å². The summed E-state index contributed by atoms with van der Waals surface area (Å²) in [6.45, 7) is 6.71. The van der Waals surface area contributed by atoms with Crippen molar-refractivity contribution in [3.63, 3.8) is 0 Å². The van der Waals surface area contributed by atoms with Crippen LogP contribution in [0.5, 0.6) is 0 Å². The molecule has 1 aliphatic carbocycles. The largest absolute Gasteiger partial charge is 0.312 e. The predicted molar refractivity (Wildman–Crippen MR) is 80.1 cm³/mol. The first-order chi connectivity index (χ1) is 9.31. The van der Waals surface area contributed by atoms with E-state index in [0.29, 0.717) is 5.41 Å². The lowest BCUT2D eigenvalue weighted by Gasteiger charge is -2.19. The molecule has 1 aromatic rings. The van der Waals surface area contributed by atoms with Crippen molar-refractivity contribution in [1.29, 1.82) is 0 Å². The van der Waals surface area contributed by atoms with Gasteiger partial charge in [-0.15, -0.1) is 0 Å². The van der Waals surface area contributed by atoms with Crippen LogP contribution in [-0.4, -0.2) is 13.1 Å². The maximum Gasteiger partial charge on any atom is 0.0208 e. The molecule has 104 valence electrons. The van der Waals surface area contributed by atoms with Crippen molar-refractivity contribution >= 4 is 0 Å². The average Bonchev–Trinajstić information content (AvgIpc) is 3.19. The molecule has 2 nitrogen and oxygen atoms in total. The van der Waals surface area contributed by atoms with Gasteiger partial charge >= 0.3 is 0 Å². The monoisotopic (exact) mass is 258 g/mol. The minimum Gasteiger partial charge on any atom is -0.312 e. The van der Waals surface area contributed by atoms with Crippen molar-refractivity contribution < 1.29 is 0 Å². The van der Waals surface area contributed by atoms with E-state index in [-0.39, 0.29) is 0 Å². The third kappa shape index (κ3) is 3.18. The first-order valence-corrected chi connectivity index (χ1v) is 7.83. The third-order valence-corrected chi connectivity index (χ3v) is 4.72. The van der Waals surface area contributed by atoms with Crippen molar-refractivity contribution in [2.45, 2.75) is 52.1 Å². The fourth-order valence-corrected chi connectivity index (χ4v) is 3.34. The van der Waals surface area contributed by atoms with Crippen LogP contribution in [-0.2, 0) is 19.5 Å². The second-order valence-corrected chi connectivity index (χ2v) is 6.38. The highest BCUT2D eigenvalue weighted by atomic mass is 14.9. The lowest BCUT2D eigenvalue weighted by molar-refractivity contribution is 0.421. The van der Waals surface area contributed by atoms with Crippen molar-refractivity contribution in [3.8, 4) is 0 Å². The smallest absolute Gasteiger partial charge is 0.0208 e. The highest BCUT2D eigenvalue weighted by Crippen LogP contribution is 2.48. The minimum atomic E-state index is 0.657. The predicted octanol–water partition coefficient (Wildman–Crippen LogP) is 3.00. The van der Waals surface area contributed by atoms with E-state index in [1.807, 2.05) is 0 Å². The summed E-state index contributed by atoms with van der Waals surface area (Å²) >= 11 is 0. The highest BCUT2D eigenvalue weighted by Gasteiger charge is 2.40. The van der Waals surface area contributed by atoms with Gasteiger partial charge in [0.05, 0.1) is 0 Å². The van der Waals surface area contributed by atoms with E-state index in [4.69, 9.17) is 0 Å². The molecule has 0 saturated heterocycles. The summed E-state index contributed by atoms with van der Waals surface area (Å²) in [7, 11) is 0. The van der Waals surface area contributed by atoms with Gasteiger partial charge in [0.15, 0.2) is 0 Å². The Morgan fingerprint density at radius 3 is 2.95 bits per heavy atom. The maximum absolute atomic E-state index is 3.68. The first-order valence-electron chi connectivity index (χ1n) is 7.83. The molecule has 0 aromatic heterocycles. The Labute approximate surface area is 117 Å². The summed E-state index contributed by atoms with van der Waals surface area (Å²) in [6, 6.07) is 7.01. The lowest BCUT2D eigenvalue weighted by atomic mass is 9.98. The van der Waals surface area contributed by atoms with Gasteiger partial charge in [-0.05, 0) is 54.3 Å². The molecule has 2 aliphatic rings. The van der Waals surface area contributed by atoms with Crippen molar-refractivity contribution in [1.82, 2.24) is 10.6 Å². The van der Waals surface area contributed by atoms with Crippen LogP contribution >= 0.6 is 0 Å². The van der Waals surface area contributed by atoms with Crippen LogP contribution < -0.4 is 10.6 Å². The molecule has 1 aromatic carbocycles. The molecule has 3 rings (SSSR count). The molecule has 0 bridgehead atoms. The molecule has 1 fully saturated rings. The van der Waals surface area contributed by atoms with E-state index in [2.05, 4.69) is 35.8 Å². The van der Waals surface area contributed by atoms with Crippen LogP contribution in [0.1, 0.15) is 49.3 Å². The molecule has 2 N–H and O–H groups in total. The van der Waals surface area contributed by atoms with Gasteiger partial charge in [0.25, 0.3) is 0 Å². The van der Waals surface area contributed by atoms with E-state index in [1.165, 1.54) is 55.3 Å². The first kappa shape index (κ1) is 13.1. The maximum atomic E-state index is 3.68. The van der Waals surface area contributed by atoms with Gasteiger partial charge in [-0.2, -0.15) is 0 Å². The van der Waals surface area contributed by atoms with Crippen LogP contribution in [0.15, 0.2) is 18.2 Å². The SMILES string of the molecule is CCCC1(CNCc2ccc3c(c2)CNCC3)CC1. The van der Waals surface area contributed by atoms with Crippen LogP contribution in [0.2, 0.25) is 0 Å². The Balaban J connectivity index is 1.53. The quantitative estimate of drug-likeness (QED) is 0.819. The standard InChI is InChI=1S/C17H26N2/c1-2-6-17(7-8-17)13-19-11-14-3-4-15-5-9-18-12-16(15)10-14/h3-4,10,18-19H,2,5-9,11-13H2,1H3. The van der Waals surface area contributed by atoms with Gasteiger partial charge in [-0.3, -0.25) is 0 Å². The van der Waals surface area contributed by atoms with E-state index in [1.54, 1.807) is 0 Å². The van der Waals surface area contributed by atoms with Gasteiger partial charge in [0.1, 0.15) is 0 Å². The van der Waals surface area contributed by atoms with E-state index in [0.717, 1.165) is 19.6 Å². The van der Waals surface area contributed by atoms with Gasteiger partial charge in [0.2, 0.25) is 0 Å². The Morgan fingerprint density at radius 1 is 1.26 bits per heavy atom. The van der Waals surface area contributed by atoms with Crippen LogP contribution in [0, 0.1) is 5.41 Å². The summed E-state index contributed by atoms with van der Waals surface area (Å²) in [5, 5.41) is 7.13. The summed E-state index contributed by atoms with van der Waals surface area (Å²) in [5.74, 6) is 0. The summed E-state index contributed by atoms with van der Waals surface area (Å²) in [5.41, 5.74) is 5.13.